The van der Waals surface area contributed by atoms with Gasteiger partial charge in [-0.25, -0.2) is 4.79 Å². The summed E-state index contributed by atoms with van der Waals surface area (Å²) in [6, 6.07) is 2.02. The number of hydrogen-bond donors (Lipinski definition) is 2. The van der Waals surface area contributed by atoms with Crippen LogP contribution in [0.2, 0.25) is 0 Å². The summed E-state index contributed by atoms with van der Waals surface area (Å²) in [6.45, 7) is 2.20. The van der Waals surface area contributed by atoms with Crippen molar-refractivity contribution in [1.82, 2.24) is 5.32 Å². The molecule has 1 saturated carbocycles. The molecule has 1 aliphatic carbocycles. The number of rotatable bonds is 5. The molecule has 5 heteroatoms. The number of carboxylic acid groups (broad SMARTS) is 1. The summed E-state index contributed by atoms with van der Waals surface area (Å²) in [4.78, 5) is 23.5. The van der Waals surface area contributed by atoms with Gasteiger partial charge in [-0.1, -0.05) is 26.2 Å². The Kier molecular flexibility index (Phi) is 5.56. The van der Waals surface area contributed by atoms with Gasteiger partial charge in [-0.05, 0) is 41.8 Å². The highest BCUT2D eigenvalue weighted by molar-refractivity contribution is 7.12. The fourth-order valence-corrected chi connectivity index (χ4v) is 3.63. The van der Waals surface area contributed by atoms with Crippen LogP contribution in [-0.4, -0.2) is 23.0 Å². The van der Waals surface area contributed by atoms with Gasteiger partial charge in [-0.3, -0.25) is 4.79 Å². The van der Waals surface area contributed by atoms with E-state index in [1.807, 2.05) is 5.38 Å². The zero-order valence-electron chi connectivity index (χ0n) is 12.2. The smallest absolute Gasteiger partial charge is 0.328 e. The van der Waals surface area contributed by atoms with Gasteiger partial charge in [0.1, 0.15) is 0 Å². The van der Waals surface area contributed by atoms with Gasteiger partial charge in [0.05, 0.1) is 4.88 Å². The molecule has 2 unspecified atom stereocenters. The van der Waals surface area contributed by atoms with Crippen molar-refractivity contribution >= 4 is 29.3 Å². The van der Waals surface area contributed by atoms with Crippen LogP contribution >= 0.6 is 11.3 Å². The lowest BCUT2D eigenvalue weighted by atomic mass is 9.84. The van der Waals surface area contributed by atoms with Crippen LogP contribution in [0.25, 0.3) is 6.08 Å². The lowest BCUT2D eigenvalue weighted by molar-refractivity contribution is -0.131. The maximum absolute atomic E-state index is 12.4. The predicted octanol–water partition coefficient (Wildman–Crippen LogP) is 3.54. The van der Waals surface area contributed by atoms with Gasteiger partial charge in [0, 0.05) is 12.1 Å². The molecule has 0 radical (unpaired) electrons. The monoisotopic (exact) mass is 307 g/mol. The van der Waals surface area contributed by atoms with Gasteiger partial charge in [0.2, 0.25) is 0 Å². The highest BCUT2D eigenvalue weighted by Crippen LogP contribution is 2.27. The van der Waals surface area contributed by atoms with Crippen LogP contribution < -0.4 is 5.32 Å². The minimum atomic E-state index is -1.01. The predicted molar refractivity (Wildman–Crippen MR) is 84.5 cm³/mol. The first kappa shape index (κ1) is 15.8. The molecular formula is C16H21NO3S. The highest BCUT2D eigenvalue weighted by Gasteiger charge is 2.23. The zero-order chi connectivity index (χ0) is 15.2. The Bertz CT molecular complexity index is 535. The van der Waals surface area contributed by atoms with Crippen molar-refractivity contribution in [3.8, 4) is 0 Å². The number of nitrogens with one attached hydrogen (secondary N) is 1. The maximum atomic E-state index is 12.4. The summed E-state index contributed by atoms with van der Waals surface area (Å²) >= 11 is 1.35. The van der Waals surface area contributed by atoms with Crippen LogP contribution in [0, 0.1) is 5.92 Å². The minimum Gasteiger partial charge on any atom is -0.478 e. The van der Waals surface area contributed by atoms with E-state index in [9.17, 15) is 9.59 Å². The average molecular weight is 307 g/mol. The van der Waals surface area contributed by atoms with Crippen LogP contribution in [0.15, 0.2) is 17.5 Å². The van der Waals surface area contributed by atoms with Crippen LogP contribution in [0.4, 0.5) is 0 Å². The molecular weight excluding hydrogens is 286 g/mol. The fourth-order valence-electron chi connectivity index (χ4n) is 2.84. The lowest BCUT2D eigenvalue weighted by Gasteiger charge is -2.29. The van der Waals surface area contributed by atoms with E-state index in [-0.39, 0.29) is 11.9 Å². The summed E-state index contributed by atoms with van der Waals surface area (Å²) in [6.07, 6.45) is 8.21. The van der Waals surface area contributed by atoms with Crippen molar-refractivity contribution in [2.75, 3.05) is 0 Å². The molecule has 2 rings (SSSR count). The Hall–Kier alpha value is -1.62. The van der Waals surface area contributed by atoms with Crippen molar-refractivity contribution in [3.63, 3.8) is 0 Å². The Morgan fingerprint density at radius 2 is 2.29 bits per heavy atom. The van der Waals surface area contributed by atoms with E-state index in [1.54, 1.807) is 6.07 Å². The Morgan fingerprint density at radius 3 is 3.00 bits per heavy atom. The van der Waals surface area contributed by atoms with Crippen molar-refractivity contribution < 1.29 is 14.7 Å². The molecule has 1 aromatic rings. The van der Waals surface area contributed by atoms with Crippen LogP contribution in [0.1, 0.15) is 54.3 Å². The maximum Gasteiger partial charge on any atom is 0.328 e. The topological polar surface area (TPSA) is 66.4 Å². The molecule has 2 N–H and O–H groups in total. The third-order valence-corrected chi connectivity index (χ3v) is 4.93. The van der Waals surface area contributed by atoms with Gasteiger partial charge in [0.25, 0.3) is 5.91 Å². The summed E-state index contributed by atoms with van der Waals surface area (Å²) in [5.41, 5.74) is 0.669. The third-order valence-electron chi connectivity index (χ3n) is 4.00. The molecule has 1 aliphatic rings. The van der Waals surface area contributed by atoms with E-state index in [4.69, 9.17) is 5.11 Å². The SMILES string of the molecule is CCC1CCCC(NC(=O)c2sccc2C=CC(=O)O)C1. The second kappa shape index (κ2) is 7.41. The van der Waals surface area contributed by atoms with E-state index in [0.29, 0.717) is 16.4 Å². The fraction of sp³-hybridized carbons (Fsp3) is 0.500. The molecule has 1 fully saturated rings. The number of thiophene rings is 1. The summed E-state index contributed by atoms with van der Waals surface area (Å²) in [7, 11) is 0. The van der Waals surface area contributed by atoms with Crippen molar-refractivity contribution in [3.05, 3.63) is 28.0 Å². The Balaban J connectivity index is 2.00. The first-order valence-corrected chi connectivity index (χ1v) is 8.27. The standard InChI is InChI=1S/C16H21NO3S/c1-2-11-4-3-5-13(10-11)17-16(20)15-12(8-9-21-15)6-7-14(18)19/h6-9,11,13H,2-5,10H2,1H3,(H,17,20)(H,18,19). The van der Waals surface area contributed by atoms with E-state index >= 15 is 0 Å². The Morgan fingerprint density at radius 1 is 1.48 bits per heavy atom. The quantitative estimate of drug-likeness (QED) is 0.818. The number of aliphatic carboxylic acids is 1. The van der Waals surface area contributed by atoms with Gasteiger partial charge < -0.3 is 10.4 Å². The first-order chi connectivity index (χ1) is 10.1. The summed E-state index contributed by atoms with van der Waals surface area (Å²) in [5.74, 6) is -0.388. The van der Waals surface area contributed by atoms with Crippen molar-refractivity contribution in [2.24, 2.45) is 5.92 Å². The van der Waals surface area contributed by atoms with Crippen LogP contribution in [-0.2, 0) is 4.79 Å². The number of carbonyl (C=O) groups is 2. The van der Waals surface area contributed by atoms with Gasteiger partial charge in [-0.15, -0.1) is 11.3 Å². The normalized spacial score (nSPS) is 22.3. The van der Waals surface area contributed by atoms with Crippen LogP contribution in [0.5, 0.6) is 0 Å². The number of hydrogen-bond acceptors (Lipinski definition) is 3. The number of amides is 1. The van der Waals surface area contributed by atoms with Gasteiger partial charge >= 0.3 is 5.97 Å². The molecule has 2 atom stereocenters. The summed E-state index contributed by atoms with van der Waals surface area (Å²) < 4.78 is 0. The van der Waals surface area contributed by atoms with E-state index in [2.05, 4.69) is 12.2 Å². The van der Waals surface area contributed by atoms with Crippen LogP contribution in [0.3, 0.4) is 0 Å². The minimum absolute atomic E-state index is 0.0863. The lowest BCUT2D eigenvalue weighted by Crippen LogP contribution is -2.38. The molecule has 0 aromatic carbocycles. The average Bonchev–Trinajstić information content (AvgIpc) is 2.93. The molecule has 1 aromatic heterocycles. The molecule has 0 spiro atoms. The van der Waals surface area contributed by atoms with E-state index in [1.165, 1.54) is 30.3 Å². The second-order valence-corrected chi connectivity index (χ2v) is 6.40. The zero-order valence-corrected chi connectivity index (χ0v) is 13.0. The van der Waals surface area contributed by atoms with Crippen molar-refractivity contribution in [1.29, 1.82) is 0 Å². The van der Waals surface area contributed by atoms with Gasteiger partial charge in [-0.2, -0.15) is 0 Å². The van der Waals surface area contributed by atoms with Gasteiger partial charge in [0.15, 0.2) is 0 Å². The summed E-state index contributed by atoms with van der Waals surface area (Å²) in [5, 5.41) is 13.6. The second-order valence-electron chi connectivity index (χ2n) is 5.49. The number of carbonyl (C=O) groups excluding carboxylic acids is 1. The molecule has 1 amide bonds. The molecule has 1 heterocycles. The molecule has 0 saturated heterocycles. The molecule has 4 nitrogen and oxygen atoms in total. The third kappa shape index (κ3) is 4.43. The van der Waals surface area contributed by atoms with E-state index < -0.39 is 5.97 Å². The Labute approximate surface area is 128 Å². The molecule has 114 valence electrons. The van der Waals surface area contributed by atoms with Crippen molar-refractivity contribution in [2.45, 2.75) is 45.1 Å². The molecule has 0 bridgehead atoms. The largest absolute Gasteiger partial charge is 0.478 e. The first-order valence-electron chi connectivity index (χ1n) is 7.39. The van der Waals surface area contributed by atoms with E-state index in [0.717, 1.165) is 25.3 Å². The molecule has 0 aliphatic heterocycles. The molecule has 21 heavy (non-hydrogen) atoms. The number of carboxylic acids is 1. The highest BCUT2D eigenvalue weighted by atomic mass is 32.1.